The summed E-state index contributed by atoms with van der Waals surface area (Å²) < 4.78 is 18.3. The van der Waals surface area contributed by atoms with Crippen molar-refractivity contribution in [3.63, 3.8) is 0 Å². The summed E-state index contributed by atoms with van der Waals surface area (Å²) in [6.45, 7) is 4.08. The highest BCUT2D eigenvalue weighted by atomic mass is 19.1. The van der Waals surface area contributed by atoms with E-state index in [2.05, 4.69) is 4.90 Å². The van der Waals surface area contributed by atoms with Crippen LogP contribution in [0.15, 0.2) is 48.5 Å². The fourth-order valence-electron chi connectivity index (χ4n) is 4.56. The Hall–Kier alpha value is -2.93. The Kier molecular flexibility index (Phi) is 7.05. The molecule has 2 aliphatic heterocycles. The van der Waals surface area contributed by atoms with Gasteiger partial charge in [-0.15, -0.1) is 0 Å². The van der Waals surface area contributed by atoms with Gasteiger partial charge in [-0.25, -0.2) is 4.39 Å². The van der Waals surface area contributed by atoms with E-state index in [0.717, 1.165) is 36.3 Å². The second-order valence-electron chi connectivity index (χ2n) is 8.49. The van der Waals surface area contributed by atoms with Crippen LogP contribution in [-0.2, 0) is 22.6 Å². The van der Waals surface area contributed by atoms with Crippen LogP contribution >= 0.6 is 0 Å². The zero-order chi connectivity index (χ0) is 22.5. The van der Waals surface area contributed by atoms with E-state index in [0.29, 0.717) is 39.1 Å². The van der Waals surface area contributed by atoms with Crippen LogP contribution < -0.4 is 4.74 Å². The Labute approximate surface area is 188 Å². The van der Waals surface area contributed by atoms with Gasteiger partial charge in [0, 0.05) is 39.3 Å². The SMILES string of the molecule is COc1ccc(CC(=O)N2CCCN([C@@H]3CCN(Cc4ccc(F)cc4)C3=O)CC2)cc1. The smallest absolute Gasteiger partial charge is 0.240 e. The van der Waals surface area contributed by atoms with Crippen LogP contribution in [0.1, 0.15) is 24.0 Å². The topological polar surface area (TPSA) is 53.1 Å². The zero-order valence-corrected chi connectivity index (χ0v) is 18.5. The summed E-state index contributed by atoms with van der Waals surface area (Å²) in [5.74, 6) is 0.761. The number of amides is 2. The summed E-state index contributed by atoms with van der Waals surface area (Å²) in [5.41, 5.74) is 1.91. The van der Waals surface area contributed by atoms with Gasteiger partial charge >= 0.3 is 0 Å². The Morgan fingerprint density at radius 2 is 1.69 bits per heavy atom. The van der Waals surface area contributed by atoms with Crippen LogP contribution in [0.5, 0.6) is 5.75 Å². The molecule has 7 heteroatoms. The number of nitrogens with zero attached hydrogens (tertiary/aromatic N) is 3. The molecular formula is C25H30FN3O3. The Morgan fingerprint density at radius 3 is 2.41 bits per heavy atom. The Morgan fingerprint density at radius 1 is 0.969 bits per heavy atom. The molecule has 1 atom stereocenters. The number of benzene rings is 2. The second-order valence-corrected chi connectivity index (χ2v) is 8.49. The van der Waals surface area contributed by atoms with Gasteiger partial charge in [0.15, 0.2) is 0 Å². The summed E-state index contributed by atoms with van der Waals surface area (Å²) in [6, 6.07) is 13.8. The minimum absolute atomic E-state index is 0.118. The molecule has 0 spiro atoms. The van der Waals surface area contributed by atoms with E-state index in [4.69, 9.17) is 4.74 Å². The van der Waals surface area contributed by atoms with Crippen molar-refractivity contribution in [2.45, 2.75) is 31.8 Å². The molecular weight excluding hydrogens is 409 g/mol. The van der Waals surface area contributed by atoms with Gasteiger partial charge in [-0.05, 0) is 48.2 Å². The van der Waals surface area contributed by atoms with E-state index in [1.165, 1.54) is 12.1 Å². The minimum atomic E-state index is -0.268. The lowest BCUT2D eigenvalue weighted by molar-refractivity contribution is -0.132. The van der Waals surface area contributed by atoms with E-state index in [1.807, 2.05) is 34.1 Å². The fraction of sp³-hybridized carbons (Fsp3) is 0.440. The van der Waals surface area contributed by atoms with Crippen molar-refractivity contribution in [3.05, 3.63) is 65.5 Å². The molecule has 0 unspecified atom stereocenters. The van der Waals surface area contributed by atoms with Crippen LogP contribution in [0.4, 0.5) is 4.39 Å². The number of rotatable bonds is 6. The van der Waals surface area contributed by atoms with E-state index in [1.54, 1.807) is 19.2 Å². The van der Waals surface area contributed by atoms with Gasteiger partial charge in [0.05, 0.1) is 19.6 Å². The van der Waals surface area contributed by atoms with Crippen molar-refractivity contribution in [2.75, 3.05) is 39.8 Å². The van der Waals surface area contributed by atoms with Gasteiger partial charge in [0.2, 0.25) is 11.8 Å². The molecule has 2 aromatic carbocycles. The first-order valence-corrected chi connectivity index (χ1v) is 11.2. The van der Waals surface area contributed by atoms with E-state index in [-0.39, 0.29) is 23.7 Å². The highest BCUT2D eigenvalue weighted by Gasteiger charge is 2.36. The number of hydrogen-bond acceptors (Lipinski definition) is 4. The molecule has 0 aromatic heterocycles. The van der Waals surface area contributed by atoms with Crippen LogP contribution in [0, 0.1) is 5.82 Å². The molecule has 0 bridgehead atoms. The van der Waals surface area contributed by atoms with Crippen LogP contribution in [0.3, 0.4) is 0 Å². The maximum absolute atomic E-state index is 13.1. The summed E-state index contributed by atoms with van der Waals surface area (Å²) in [5, 5.41) is 0. The fourth-order valence-corrected chi connectivity index (χ4v) is 4.56. The molecule has 4 rings (SSSR count). The molecule has 2 heterocycles. The predicted molar refractivity (Wildman–Crippen MR) is 120 cm³/mol. The van der Waals surface area contributed by atoms with Crippen LogP contribution in [0.25, 0.3) is 0 Å². The number of carbonyl (C=O) groups excluding carboxylic acids is 2. The number of hydrogen-bond donors (Lipinski definition) is 0. The summed E-state index contributed by atoms with van der Waals surface area (Å²) in [7, 11) is 1.63. The molecule has 2 saturated heterocycles. The van der Waals surface area contributed by atoms with Gasteiger partial charge in [0.25, 0.3) is 0 Å². The maximum Gasteiger partial charge on any atom is 0.240 e. The first kappa shape index (κ1) is 22.3. The zero-order valence-electron chi connectivity index (χ0n) is 18.5. The van der Waals surface area contributed by atoms with Crippen molar-refractivity contribution >= 4 is 11.8 Å². The lowest BCUT2D eigenvalue weighted by atomic mass is 10.1. The molecule has 0 N–H and O–H groups in total. The maximum atomic E-state index is 13.1. The molecule has 2 aromatic rings. The van der Waals surface area contributed by atoms with Gasteiger partial charge in [0.1, 0.15) is 11.6 Å². The second kappa shape index (κ2) is 10.1. The van der Waals surface area contributed by atoms with Gasteiger partial charge < -0.3 is 14.5 Å². The lowest BCUT2D eigenvalue weighted by Crippen LogP contribution is -2.44. The first-order chi connectivity index (χ1) is 15.5. The molecule has 2 fully saturated rings. The van der Waals surface area contributed by atoms with Crippen molar-refractivity contribution in [2.24, 2.45) is 0 Å². The minimum Gasteiger partial charge on any atom is -0.497 e. The summed E-state index contributed by atoms with van der Waals surface area (Å²) in [4.78, 5) is 31.8. The van der Waals surface area contributed by atoms with E-state index < -0.39 is 0 Å². The number of methoxy groups -OCH3 is 1. The third-order valence-electron chi connectivity index (χ3n) is 6.39. The highest BCUT2D eigenvalue weighted by molar-refractivity contribution is 5.84. The van der Waals surface area contributed by atoms with Gasteiger partial charge in [-0.1, -0.05) is 24.3 Å². The normalized spacial score (nSPS) is 19.8. The number of ether oxygens (including phenoxy) is 1. The largest absolute Gasteiger partial charge is 0.497 e. The number of likely N-dealkylation sites (tertiary alicyclic amines) is 1. The molecule has 0 aliphatic carbocycles. The summed E-state index contributed by atoms with van der Waals surface area (Å²) >= 11 is 0. The average Bonchev–Trinajstić information content (AvgIpc) is 3.00. The molecule has 2 amide bonds. The Balaban J connectivity index is 1.30. The van der Waals surface area contributed by atoms with Gasteiger partial charge in [-0.2, -0.15) is 0 Å². The Bertz CT molecular complexity index is 932. The number of carbonyl (C=O) groups is 2. The lowest BCUT2D eigenvalue weighted by Gasteiger charge is -2.26. The average molecular weight is 440 g/mol. The number of halogens is 1. The summed E-state index contributed by atoms with van der Waals surface area (Å²) in [6.07, 6.45) is 2.02. The van der Waals surface area contributed by atoms with Crippen molar-refractivity contribution in [3.8, 4) is 5.75 Å². The monoisotopic (exact) mass is 439 g/mol. The quantitative estimate of drug-likeness (QED) is 0.695. The predicted octanol–water partition coefficient (Wildman–Crippen LogP) is 2.71. The van der Waals surface area contributed by atoms with Crippen molar-refractivity contribution in [1.29, 1.82) is 0 Å². The molecule has 6 nitrogen and oxygen atoms in total. The highest BCUT2D eigenvalue weighted by Crippen LogP contribution is 2.22. The third-order valence-corrected chi connectivity index (χ3v) is 6.39. The molecule has 32 heavy (non-hydrogen) atoms. The van der Waals surface area contributed by atoms with Crippen LogP contribution in [-0.4, -0.2) is 72.4 Å². The molecule has 170 valence electrons. The van der Waals surface area contributed by atoms with Crippen molar-refractivity contribution < 1.29 is 18.7 Å². The molecule has 2 aliphatic rings. The standard InChI is InChI=1S/C25H30FN3O3/c1-32-22-9-5-19(6-10-22)17-24(30)28-13-2-12-27(15-16-28)23-11-14-29(25(23)31)18-20-3-7-21(26)8-4-20/h3-10,23H,2,11-18H2,1H3/t23-/m1/s1. The van der Waals surface area contributed by atoms with E-state index >= 15 is 0 Å². The molecule has 0 radical (unpaired) electrons. The third kappa shape index (κ3) is 5.27. The van der Waals surface area contributed by atoms with Crippen molar-refractivity contribution in [1.82, 2.24) is 14.7 Å². The van der Waals surface area contributed by atoms with E-state index in [9.17, 15) is 14.0 Å². The first-order valence-electron chi connectivity index (χ1n) is 11.2. The van der Waals surface area contributed by atoms with Crippen LogP contribution in [0.2, 0.25) is 0 Å². The molecule has 0 saturated carbocycles. The van der Waals surface area contributed by atoms with Gasteiger partial charge in [-0.3, -0.25) is 14.5 Å².